The SMILES string of the molecule is CCc1ccc(-c2cnc3ccccc3n2)cc1NC(=O)CNC(=O)c1ccc(Br)cc1. The molecule has 3 aromatic carbocycles. The molecule has 4 aromatic rings. The van der Waals surface area contributed by atoms with Gasteiger partial charge in [0.1, 0.15) is 0 Å². The zero-order chi connectivity index (χ0) is 22.5. The fourth-order valence-electron chi connectivity index (χ4n) is 3.32. The van der Waals surface area contributed by atoms with Crippen molar-refractivity contribution in [3.63, 3.8) is 0 Å². The van der Waals surface area contributed by atoms with Crippen molar-refractivity contribution < 1.29 is 9.59 Å². The van der Waals surface area contributed by atoms with Crippen LogP contribution in [0.2, 0.25) is 0 Å². The molecule has 1 aromatic heterocycles. The maximum atomic E-state index is 12.5. The van der Waals surface area contributed by atoms with Crippen molar-refractivity contribution in [2.75, 3.05) is 11.9 Å². The van der Waals surface area contributed by atoms with E-state index in [9.17, 15) is 9.59 Å². The molecule has 0 aliphatic rings. The van der Waals surface area contributed by atoms with Crippen LogP contribution in [0.4, 0.5) is 5.69 Å². The molecule has 6 nitrogen and oxygen atoms in total. The molecule has 0 atom stereocenters. The van der Waals surface area contributed by atoms with Crippen molar-refractivity contribution in [3.05, 3.63) is 88.5 Å². The third kappa shape index (κ3) is 5.00. The first-order valence-electron chi connectivity index (χ1n) is 10.2. The van der Waals surface area contributed by atoms with Crippen molar-refractivity contribution in [1.29, 1.82) is 0 Å². The van der Waals surface area contributed by atoms with E-state index in [1.54, 1.807) is 30.5 Å². The number of rotatable bonds is 6. The van der Waals surface area contributed by atoms with Gasteiger partial charge < -0.3 is 10.6 Å². The van der Waals surface area contributed by atoms with Gasteiger partial charge in [0.15, 0.2) is 0 Å². The molecule has 0 saturated carbocycles. The lowest BCUT2D eigenvalue weighted by Crippen LogP contribution is -2.33. The number of fused-ring (bicyclic) bond motifs is 1. The summed E-state index contributed by atoms with van der Waals surface area (Å²) in [5, 5.41) is 5.57. The average Bonchev–Trinajstić information content (AvgIpc) is 2.82. The summed E-state index contributed by atoms with van der Waals surface area (Å²) in [6.45, 7) is 1.90. The molecule has 160 valence electrons. The smallest absolute Gasteiger partial charge is 0.251 e. The predicted molar refractivity (Wildman–Crippen MR) is 129 cm³/mol. The van der Waals surface area contributed by atoms with Gasteiger partial charge in [-0.15, -0.1) is 0 Å². The minimum atomic E-state index is -0.302. The van der Waals surface area contributed by atoms with Gasteiger partial charge >= 0.3 is 0 Å². The Labute approximate surface area is 194 Å². The second kappa shape index (κ2) is 9.70. The number of para-hydroxylation sites is 2. The number of carbonyl (C=O) groups excluding carboxylic acids is 2. The van der Waals surface area contributed by atoms with Gasteiger partial charge in [0.2, 0.25) is 5.91 Å². The molecule has 0 fully saturated rings. The highest BCUT2D eigenvalue weighted by atomic mass is 79.9. The Balaban J connectivity index is 1.49. The number of anilines is 1. The van der Waals surface area contributed by atoms with Crippen LogP contribution in [0.25, 0.3) is 22.3 Å². The zero-order valence-electron chi connectivity index (χ0n) is 17.4. The van der Waals surface area contributed by atoms with Crippen molar-refractivity contribution in [2.45, 2.75) is 13.3 Å². The summed E-state index contributed by atoms with van der Waals surface area (Å²) in [7, 11) is 0. The molecule has 1 heterocycles. The lowest BCUT2D eigenvalue weighted by atomic mass is 10.0. The Morgan fingerprint density at radius 3 is 2.47 bits per heavy atom. The Kier molecular flexibility index (Phi) is 6.56. The molecule has 4 rings (SSSR count). The number of hydrogen-bond donors (Lipinski definition) is 2. The third-order valence-corrected chi connectivity index (χ3v) is 5.55. The largest absolute Gasteiger partial charge is 0.343 e. The van der Waals surface area contributed by atoms with Crippen LogP contribution in [0, 0.1) is 0 Å². The molecule has 0 saturated heterocycles. The Bertz CT molecular complexity index is 1290. The van der Waals surface area contributed by atoms with E-state index in [0.717, 1.165) is 38.7 Å². The first-order chi connectivity index (χ1) is 15.5. The fraction of sp³-hybridized carbons (Fsp3) is 0.120. The van der Waals surface area contributed by atoms with E-state index < -0.39 is 0 Å². The van der Waals surface area contributed by atoms with Gasteiger partial charge in [-0.05, 0) is 54.4 Å². The quantitative estimate of drug-likeness (QED) is 0.400. The van der Waals surface area contributed by atoms with E-state index >= 15 is 0 Å². The summed E-state index contributed by atoms with van der Waals surface area (Å²) in [5.41, 5.74) is 5.41. The lowest BCUT2D eigenvalue weighted by Gasteiger charge is -2.13. The Hall–Kier alpha value is -3.58. The molecule has 2 N–H and O–H groups in total. The average molecular weight is 489 g/mol. The van der Waals surface area contributed by atoms with E-state index in [0.29, 0.717) is 11.3 Å². The number of carbonyl (C=O) groups is 2. The molecule has 2 amide bonds. The van der Waals surface area contributed by atoms with E-state index in [2.05, 4.69) is 36.5 Å². The number of hydrogen-bond acceptors (Lipinski definition) is 4. The second-order valence-corrected chi connectivity index (χ2v) is 8.12. The summed E-state index contributed by atoms with van der Waals surface area (Å²) in [5.74, 6) is -0.601. The summed E-state index contributed by atoms with van der Waals surface area (Å²) >= 11 is 3.34. The minimum Gasteiger partial charge on any atom is -0.343 e. The highest BCUT2D eigenvalue weighted by Gasteiger charge is 2.12. The van der Waals surface area contributed by atoms with Crippen molar-refractivity contribution in [3.8, 4) is 11.3 Å². The van der Waals surface area contributed by atoms with Crippen LogP contribution in [-0.4, -0.2) is 28.3 Å². The highest BCUT2D eigenvalue weighted by molar-refractivity contribution is 9.10. The van der Waals surface area contributed by atoms with Gasteiger partial charge in [0.25, 0.3) is 5.91 Å². The van der Waals surface area contributed by atoms with E-state index in [4.69, 9.17) is 0 Å². The van der Waals surface area contributed by atoms with E-state index in [1.165, 1.54) is 0 Å². The van der Waals surface area contributed by atoms with Crippen molar-refractivity contribution in [2.24, 2.45) is 0 Å². The molecular formula is C25H21BrN4O2. The van der Waals surface area contributed by atoms with Crippen molar-refractivity contribution in [1.82, 2.24) is 15.3 Å². The first kappa shape index (κ1) is 21.6. The number of nitrogens with zero attached hydrogens (tertiary/aromatic N) is 2. The van der Waals surface area contributed by atoms with Gasteiger partial charge in [-0.1, -0.05) is 47.1 Å². The van der Waals surface area contributed by atoms with Crippen LogP contribution in [0.1, 0.15) is 22.8 Å². The number of halogens is 1. The predicted octanol–water partition coefficient (Wildman–Crippen LogP) is 4.99. The monoisotopic (exact) mass is 488 g/mol. The van der Waals surface area contributed by atoms with Gasteiger partial charge in [0, 0.05) is 21.3 Å². The summed E-state index contributed by atoms with van der Waals surface area (Å²) in [6.07, 6.45) is 2.48. The number of aromatic nitrogens is 2. The molecule has 7 heteroatoms. The van der Waals surface area contributed by atoms with Gasteiger partial charge in [-0.25, -0.2) is 4.98 Å². The van der Waals surface area contributed by atoms with Crippen LogP contribution in [0.15, 0.2) is 77.4 Å². The lowest BCUT2D eigenvalue weighted by molar-refractivity contribution is -0.115. The molecule has 0 bridgehead atoms. The number of benzene rings is 3. The van der Waals surface area contributed by atoms with E-state index in [-0.39, 0.29) is 18.4 Å². The minimum absolute atomic E-state index is 0.127. The zero-order valence-corrected chi connectivity index (χ0v) is 19.0. The number of nitrogens with one attached hydrogen (secondary N) is 2. The van der Waals surface area contributed by atoms with Crippen LogP contribution >= 0.6 is 15.9 Å². The van der Waals surface area contributed by atoms with Gasteiger partial charge in [0.05, 0.1) is 29.5 Å². The summed E-state index contributed by atoms with van der Waals surface area (Å²) < 4.78 is 0.884. The number of amides is 2. The number of aryl methyl sites for hydroxylation is 1. The van der Waals surface area contributed by atoms with E-state index in [1.807, 2.05) is 49.4 Å². The normalized spacial score (nSPS) is 10.7. The summed E-state index contributed by atoms with van der Waals surface area (Å²) in [6, 6.07) is 20.5. The van der Waals surface area contributed by atoms with Crippen LogP contribution < -0.4 is 10.6 Å². The van der Waals surface area contributed by atoms with Crippen LogP contribution in [-0.2, 0) is 11.2 Å². The standard InChI is InChI=1S/C25H21BrN4O2/c1-2-16-7-8-18(23-14-27-20-5-3-4-6-21(20)29-23)13-22(16)30-24(31)15-28-25(32)17-9-11-19(26)12-10-17/h3-14H,2,15H2,1H3,(H,28,32)(H,30,31). The van der Waals surface area contributed by atoms with Gasteiger partial charge in [-0.3, -0.25) is 14.6 Å². The topological polar surface area (TPSA) is 84.0 Å². The maximum Gasteiger partial charge on any atom is 0.251 e. The van der Waals surface area contributed by atoms with Crippen molar-refractivity contribution >= 4 is 44.5 Å². The fourth-order valence-corrected chi connectivity index (χ4v) is 3.58. The van der Waals surface area contributed by atoms with Crippen LogP contribution in [0.3, 0.4) is 0 Å². The molecule has 0 unspecified atom stereocenters. The molecule has 32 heavy (non-hydrogen) atoms. The molecule has 0 radical (unpaired) electrons. The third-order valence-electron chi connectivity index (χ3n) is 5.03. The molecule has 0 spiro atoms. The van der Waals surface area contributed by atoms with Gasteiger partial charge in [-0.2, -0.15) is 0 Å². The Morgan fingerprint density at radius 2 is 1.72 bits per heavy atom. The highest BCUT2D eigenvalue weighted by Crippen LogP contribution is 2.26. The summed E-state index contributed by atoms with van der Waals surface area (Å²) in [4.78, 5) is 34.0. The molecular weight excluding hydrogens is 468 g/mol. The molecule has 0 aliphatic heterocycles. The van der Waals surface area contributed by atoms with Crippen LogP contribution in [0.5, 0.6) is 0 Å². The maximum absolute atomic E-state index is 12.5. The second-order valence-electron chi connectivity index (χ2n) is 7.21. The Morgan fingerprint density at radius 1 is 0.969 bits per heavy atom. The first-order valence-corrected chi connectivity index (χ1v) is 11.0. The molecule has 0 aliphatic carbocycles.